The van der Waals surface area contributed by atoms with Crippen molar-refractivity contribution in [2.75, 3.05) is 18.5 Å². The molecule has 0 aliphatic rings. The molecular formula is C14H14FN5S. The molecule has 3 aromatic rings. The molecule has 7 heteroatoms. The van der Waals surface area contributed by atoms with Gasteiger partial charge in [0.25, 0.3) is 0 Å². The summed E-state index contributed by atoms with van der Waals surface area (Å²) in [5.74, 6) is 0.377. The Balaban J connectivity index is 2.03. The van der Waals surface area contributed by atoms with Crippen LogP contribution in [-0.2, 0) is 0 Å². The van der Waals surface area contributed by atoms with Crippen molar-refractivity contribution in [3.05, 3.63) is 36.4 Å². The Bertz CT molecular complexity index is 756. The predicted molar refractivity (Wildman–Crippen MR) is 81.2 cm³/mol. The molecule has 0 fully saturated rings. The van der Waals surface area contributed by atoms with Crippen LogP contribution in [0.2, 0.25) is 0 Å². The summed E-state index contributed by atoms with van der Waals surface area (Å²) in [6.07, 6.45) is 1.60. The van der Waals surface area contributed by atoms with Crippen molar-refractivity contribution < 1.29 is 4.39 Å². The first kappa shape index (κ1) is 13.8. The van der Waals surface area contributed by atoms with Gasteiger partial charge >= 0.3 is 0 Å². The van der Waals surface area contributed by atoms with Gasteiger partial charge in [-0.15, -0.1) is 0 Å². The molecule has 0 radical (unpaired) electrons. The van der Waals surface area contributed by atoms with E-state index in [0.717, 1.165) is 22.0 Å². The second-order valence-electron chi connectivity index (χ2n) is 4.50. The molecule has 0 spiro atoms. The highest BCUT2D eigenvalue weighted by atomic mass is 32.2. The van der Waals surface area contributed by atoms with E-state index in [9.17, 15) is 4.39 Å². The molecule has 5 nitrogen and oxygen atoms in total. The van der Waals surface area contributed by atoms with Gasteiger partial charge in [0.15, 0.2) is 5.65 Å². The SMILES string of the molecule is CCN(C)c1nc(Sc2ccc(F)cc2)c2[nH]cnc2n1. The molecule has 0 saturated carbocycles. The molecule has 0 aliphatic heterocycles. The van der Waals surface area contributed by atoms with Crippen LogP contribution in [0.4, 0.5) is 10.3 Å². The number of nitrogens with one attached hydrogen (secondary N) is 1. The predicted octanol–water partition coefficient (Wildman–Crippen LogP) is 3.10. The topological polar surface area (TPSA) is 57.7 Å². The summed E-state index contributed by atoms with van der Waals surface area (Å²) in [4.78, 5) is 19.1. The Labute approximate surface area is 125 Å². The molecule has 2 heterocycles. The average Bonchev–Trinajstić information content (AvgIpc) is 2.97. The Kier molecular flexibility index (Phi) is 3.74. The number of hydrogen-bond donors (Lipinski definition) is 1. The Morgan fingerprint density at radius 1 is 1.24 bits per heavy atom. The third-order valence-corrected chi connectivity index (χ3v) is 4.08. The first-order valence-electron chi connectivity index (χ1n) is 6.53. The monoisotopic (exact) mass is 303 g/mol. The fourth-order valence-corrected chi connectivity index (χ4v) is 2.67. The molecule has 108 valence electrons. The van der Waals surface area contributed by atoms with Crippen LogP contribution >= 0.6 is 11.8 Å². The number of imidazole rings is 1. The molecule has 1 N–H and O–H groups in total. The maximum Gasteiger partial charge on any atom is 0.228 e. The largest absolute Gasteiger partial charge is 0.344 e. The lowest BCUT2D eigenvalue weighted by Gasteiger charge is -2.15. The second-order valence-corrected chi connectivity index (χ2v) is 5.56. The number of anilines is 1. The zero-order valence-corrected chi connectivity index (χ0v) is 12.5. The van der Waals surface area contributed by atoms with Gasteiger partial charge in [0.05, 0.1) is 6.33 Å². The molecule has 0 amide bonds. The molecule has 0 atom stereocenters. The number of halogens is 1. The zero-order valence-electron chi connectivity index (χ0n) is 11.7. The van der Waals surface area contributed by atoms with E-state index in [1.54, 1.807) is 18.5 Å². The Hall–Kier alpha value is -2.15. The van der Waals surface area contributed by atoms with Gasteiger partial charge < -0.3 is 9.88 Å². The number of benzene rings is 1. The number of rotatable bonds is 4. The molecule has 3 rings (SSSR count). The minimum atomic E-state index is -0.250. The van der Waals surface area contributed by atoms with E-state index < -0.39 is 0 Å². The van der Waals surface area contributed by atoms with Crippen LogP contribution in [0.25, 0.3) is 11.2 Å². The van der Waals surface area contributed by atoms with Crippen LogP contribution in [0.3, 0.4) is 0 Å². The van der Waals surface area contributed by atoms with E-state index in [1.165, 1.54) is 23.9 Å². The lowest BCUT2D eigenvalue weighted by Crippen LogP contribution is -2.19. The highest BCUT2D eigenvalue weighted by Crippen LogP contribution is 2.31. The van der Waals surface area contributed by atoms with E-state index in [-0.39, 0.29) is 5.82 Å². The number of aromatic amines is 1. The van der Waals surface area contributed by atoms with Gasteiger partial charge in [0.2, 0.25) is 5.95 Å². The van der Waals surface area contributed by atoms with Crippen molar-refractivity contribution in [2.24, 2.45) is 0 Å². The van der Waals surface area contributed by atoms with Crippen LogP contribution < -0.4 is 4.90 Å². The number of aromatic nitrogens is 4. The fraction of sp³-hybridized carbons (Fsp3) is 0.214. The van der Waals surface area contributed by atoms with Crippen LogP contribution in [0.15, 0.2) is 40.5 Å². The minimum absolute atomic E-state index is 0.250. The van der Waals surface area contributed by atoms with E-state index in [0.29, 0.717) is 11.6 Å². The normalized spacial score (nSPS) is 11.0. The molecule has 0 unspecified atom stereocenters. The van der Waals surface area contributed by atoms with Gasteiger partial charge in [-0.1, -0.05) is 11.8 Å². The summed E-state index contributed by atoms with van der Waals surface area (Å²) in [6, 6.07) is 6.33. The number of hydrogen-bond acceptors (Lipinski definition) is 5. The maximum atomic E-state index is 13.0. The van der Waals surface area contributed by atoms with E-state index in [4.69, 9.17) is 0 Å². The van der Waals surface area contributed by atoms with Crippen molar-refractivity contribution in [3.8, 4) is 0 Å². The van der Waals surface area contributed by atoms with Gasteiger partial charge in [-0.2, -0.15) is 4.98 Å². The molecule has 0 bridgehead atoms. The van der Waals surface area contributed by atoms with Crippen LogP contribution in [0, 0.1) is 5.82 Å². The van der Waals surface area contributed by atoms with Crippen LogP contribution in [0.5, 0.6) is 0 Å². The third kappa shape index (κ3) is 2.82. The van der Waals surface area contributed by atoms with E-state index in [2.05, 4.69) is 19.9 Å². The maximum absolute atomic E-state index is 13.0. The van der Waals surface area contributed by atoms with E-state index >= 15 is 0 Å². The van der Waals surface area contributed by atoms with Gasteiger partial charge in [0.1, 0.15) is 16.4 Å². The molecule has 1 aromatic carbocycles. The summed E-state index contributed by atoms with van der Waals surface area (Å²) < 4.78 is 13.0. The number of fused-ring (bicyclic) bond motifs is 1. The standard InChI is InChI=1S/C14H14FN5S/c1-3-20(2)14-18-12-11(16-8-17-12)13(19-14)21-10-6-4-9(15)5-7-10/h4-8H,3H2,1-2H3,(H,16,17,18,19). The van der Waals surface area contributed by atoms with Crippen molar-refractivity contribution in [1.29, 1.82) is 0 Å². The van der Waals surface area contributed by atoms with E-state index in [1.807, 2.05) is 18.9 Å². The lowest BCUT2D eigenvalue weighted by atomic mass is 10.4. The third-order valence-electron chi connectivity index (χ3n) is 3.08. The van der Waals surface area contributed by atoms with Gasteiger partial charge in [-0.3, -0.25) is 0 Å². The molecule has 0 saturated heterocycles. The zero-order chi connectivity index (χ0) is 14.8. The van der Waals surface area contributed by atoms with Gasteiger partial charge in [-0.25, -0.2) is 14.4 Å². The number of H-pyrrole nitrogens is 1. The first-order chi connectivity index (χ1) is 10.2. The van der Waals surface area contributed by atoms with Crippen LogP contribution in [0.1, 0.15) is 6.92 Å². The van der Waals surface area contributed by atoms with Crippen molar-refractivity contribution >= 4 is 28.9 Å². The lowest BCUT2D eigenvalue weighted by molar-refractivity contribution is 0.626. The smallest absolute Gasteiger partial charge is 0.228 e. The average molecular weight is 303 g/mol. The Morgan fingerprint density at radius 2 is 2.00 bits per heavy atom. The molecular weight excluding hydrogens is 289 g/mol. The molecule has 2 aromatic heterocycles. The molecule has 21 heavy (non-hydrogen) atoms. The summed E-state index contributed by atoms with van der Waals surface area (Å²) >= 11 is 1.46. The fourth-order valence-electron chi connectivity index (χ4n) is 1.80. The summed E-state index contributed by atoms with van der Waals surface area (Å²) in [7, 11) is 1.93. The van der Waals surface area contributed by atoms with Crippen molar-refractivity contribution in [2.45, 2.75) is 16.8 Å². The van der Waals surface area contributed by atoms with Gasteiger partial charge in [0, 0.05) is 18.5 Å². The minimum Gasteiger partial charge on any atom is -0.344 e. The van der Waals surface area contributed by atoms with Crippen molar-refractivity contribution in [3.63, 3.8) is 0 Å². The molecule has 0 aliphatic carbocycles. The van der Waals surface area contributed by atoms with Crippen molar-refractivity contribution in [1.82, 2.24) is 19.9 Å². The summed E-state index contributed by atoms with van der Waals surface area (Å²) in [5, 5.41) is 0.777. The second kappa shape index (κ2) is 5.69. The first-order valence-corrected chi connectivity index (χ1v) is 7.34. The highest BCUT2D eigenvalue weighted by molar-refractivity contribution is 7.99. The number of nitrogens with zero attached hydrogens (tertiary/aromatic N) is 4. The van der Waals surface area contributed by atoms with Crippen LogP contribution in [-0.4, -0.2) is 33.5 Å². The summed E-state index contributed by atoms with van der Waals surface area (Å²) in [5.41, 5.74) is 1.42. The quantitative estimate of drug-likeness (QED) is 0.751. The highest BCUT2D eigenvalue weighted by Gasteiger charge is 2.13. The van der Waals surface area contributed by atoms with Gasteiger partial charge in [-0.05, 0) is 31.2 Å². The summed E-state index contributed by atoms with van der Waals surface area (Å²) in [6.45, 7) is 2.83. The Morgan fingerprint density at radius 3 is 2.71 bits per heavy atom.